The van der Waals surface area contributed by atoms with Crippen molar-refractivity contribution >= 4 is 23.2 Å². The van der Waals surface area contributed by atoms with E-state index < -0.39 is 35.6 Å². The standard InChI is InChI=1S/C18H14ClF3N2O3/c19-10-5-4-9(6-13(10)22)15(25)8-23-18(26)16-7-14(24-27-16)17-11(20)2-1-3-12(17)21/h1-6,15-16,25H,7-8H2,(H,23,26). The Balaban J connectivity index is 1.58. The quantitative estimate of drug-likeness (QED) is 0.813. The average molecular weight is 399 g/mol. The molecule has 0 bridgehead atoms. The van der Waals surface area contributed by atoms with Gasteiger partial charge in [0, 0.05) is 13.0 Å². The number of amides is 1. The maximum Gasteiger partial charge on any atom is 0.264 e. The fourth-order valence-corrected chi connectivity index (χ4v) is 2.71. The van der Waals surface area contributed by atoms with E-state index >= 15 is 0 Å². The first-order valence-corrected chi connectivity index (χ1v) is 8.32. The average Bonchev–Trinajstić information content (AvgIpc) is 3.11. The Labute approximate surface area is 157 Å². The number of halogens is 4. The van der Waals surface area contributed by atoms with E-state index in [1.807, 2.05) is 0 Å². The van der Waals surface area contributed by atoms with E-state index in [-0.39, 0.29) is 34.8 Å². The number of carbonyl (C=O) groups excluding carboxylic acids is 1. The van der Waals surface area contributed by atoms with Crippen molar-refractivity contribution in [2.75, 3.05) is 6.54 Å². The largest absolute Gasteiger partial charge is 0.387 e. The second-order valence-corrected chi connectivity index (χ2v) is 6.27. The molecule has 2 atom stereocenters. The van der Waals surface area contributed by atoms with Gasteiger partial charge in [-0.2, -0.15) is 0 Å². The van der Waals surface area contributed by atoms with Gasteiger partial charge in [0.25, 0.3) is 5.91 Å². The lowest BCUT2D eigenvalue weighted by atomic mass is 10.0. The third kappa shape index (κ3) is 4.23. The van der Waals surface area contributed by atoms with Crippen LogP contribution in [0.15, 0.2) is 41.6 Å². The number of aliphatic hydroxyl groups excluding tert-OH is 1. The van der Waals surface area contributed by atoms with Crippen molar-refractivity contribution in [1.82, 2.24) is 5.32 Å². The normalized spacial score (nSPS) is 17.2. The highest BCUT2D eigenvalue weighted by Gasteiger charge is 2.31. The molecule has 1 aliphatic rings. The number of carbonyl (C=O) groups is 1. The zero-order valence-electron chi connectivity index (χ0n) is 13.8. The summed E-state index contributed by atoms with van der Waals surface area (Å²) in [5.41, 5.74) is -0.134. The Hall–Kier alpha value is -2.58. The van der Waals surface area contributed by atoms with Crippen LogP contribution in [0.3, 0.4) is 0 Å². The van der Waals surface area contributed by atoms with E-state index in [9.17, 15) is 23.1 Å². The second kappa shape index (κ2) is 7.98. The summed E-state index contributed by atoms with van der Waals surface area (Å²) >= 11 is 5.58. The van der Waals surface area contributed by atoms with Crippen LogP contribution in [0, 0.1) is 17.5 Å². The van der Waals surface area contributed by atoms with Crippen LogP contribution in [0.4, 0.5) is 13.2 Å². The molecular weight excluding hydrogens is 385 g/mol. The summed E-state index contributed by atoms with van der Waals surface area (Å²) in [4.78, 5) is 17.1. The molecule has 27 heavy (non-hydrogen) atoms. The fourth-order valence-electron chi connectivity index (χ4n) is 2.59. The minimum atomic E-state index is -1.17. The third-order valence-corrected chi connectivity index (χ3v) is 4.32. The first-order valence-electron chi connectivity index (χ1n) is 7.94. The number of rotatable bonds is 5. The summed E-state index contributed by atoms with van der Waals surface area (Å²) in [5.74, 6) is -2.93. The van der Waals surface area contributed by atoms with Crippen LogP contribution >= 0.6 is 11.6 Å². The van der Waals surface area contributed by atoms with Crippen LogP contribution in [0.2, 0.25) is 5.02 Å². The number of benzene rings is 2. The number of oxime groups is 1. The zero-order valence-corrected chi connectivity index (χ0v) is 14.5. The van der Waals surface area contributed by atoms with E-state index in [4.69, 9.17) is 16.4 Å². The number of hydrogen-bond donors (Lipinski definition) is 2. The monoisotopic (exact) mass is 398 g/mol. The molecule has 142 valence electrons. The third-order valence-electron chi connectivity index (χ3n) is 4.01. The van der Waals surface area contributed by atoms with Crippen molar-refractivity contribution in [3.8, 4) is 0 Å². The predicted octanol–water partition coefficient (Wildman–Crippen LogP) is 3.10. The van der Waals surface area contributed by atoms with E-state index in [2.05, 4.69) is 10.5 Å². The van der Waals surface area contributed by atoms with E-state index in [0.29, 0.717) is 0 Å². The molecule has 0 fully saturated rings. The van der Waals surface area contributed by atoms with Crippen molar-refractivity contribution in [2.45, 2.75) is 18.6 Å². The molecule has 0 radical (unpaired) electrons. The van der Waals surface area contributed by atoms with Crippen molar-refractivity contribution in [3.05, 3.63) is 70.0 Å². The molecule has 2 N–H and O–H groups in total. The van der Waals surface area contributed by atoms with Crippen molar-refractivity contribution in [1.29, 1.82) is 0 Å². The Morgan fingerprint density at radius 2 is 1.96 bits per heavy atom. The lowest BCUT2D eigenvalue weighted by Crippen LogP contribution is -2.37. The molecule has 0 aromatic heterocycles. The molecule has 0 saturated heterocycles. The molecule has 9 heteroatoms. The van der Waals surface area contributed by atoms with Gasteiger partial charge >= 0.3 is 0 Å². The van der Waals surface area contributed by atoms with E-state index in [1.54, 1.807) is 0 Å². The Morgan fingerprint density at radius 1 is 1.26 bits per heavy atom. The number of nitrogens with one attached hydrogen (secondary N) is 1. The molecule has 5 nitrogen and oxygen atoms in total. The highest BCUT2D eigenvalue weighted by atomic mass is 35.5. The molecule has 1 aliphatic heterocycles. The summed E-state index contributed by atoms with van der Waals surface area (Å²) in [5, 5.41) is 16.0. The van der Waals surface area contributed by atoms with Crippen LogP contribution in [-0.4, -0.2) is 29.4 Å². The number of aliphatic hydroxyl groups is 1. The molecule has 1 amide bonds. The van der Waals surface area contributed by atoms with Gasteiger partial charge in [0.2, 0.25) is 6.10 Å². The van der Waals surface area contributed by atoms with Crippen molar-refractivity contribution in [3.63, 3.8) is 0 Å². The number of nitrogens with zero attached hydrogens (tertiary/aromatic N) is 1. The van der Waals surface area contributed by atoms with Crippen LogP contribution in [0.5, 0.6) is 0 Å². The van der Waals surface area contributed by atoms with E-state index in [1.165, 1.54) is 18.2 Å². The smallest absolute Gasteiger partial charge is 0.264 e. The van der Waals surface area contributed by atoms with Crippen LogP contribution in [-0.2, 0) is 9.63 Å². The Bertz CT molecular complexity index is 887. The van der Waals surface area contributed by atoms with Gasteiger partial charge in [0.05, 0.1) is 22.4 Å². The van der Waals surface area contributed by atoms with Gasteiger partial charge in [0.15, 0.2) is 0 Å². The molecule has 0 spiro atoms. The molecule has 3 rings (SSSR count). The summed E-state index contributed by atoms with van der Waals surface area (Å²) in [6, 6.07) is 7.16. The summed E-state index contributed by atoms with van der Waals surface area (Å²) in [6.45, 7) is -0.219. The Kier molecular flexibility index (Phi) is 5.67. The topological polar surface area (TPSA) is 70.9 Å². The maximum atomic E-state index is 13.8. The molecular formula is C18H14ClF3N2O3. The highest BCUT2D eigenvalue weighted by Crippen LogP contribution is 2.22. The predicted molar refractivity (Wildman–Crippen MR) is 91.8 cm³/mol. The van der Waals surface area contributed by atoms with Crippen LogP contribution in [0.25, 0.3) is 0 Å². The molecule has 0 saturated carbocycles. The first kappa shape index (κ1) is 19.2. The summed E-state index contributed by atoms with van der Waals surface area (Å²) in [7, 11) is 0. The Morgan fingerprint density at radius 3 is 2.63 bits per heavy atom. The van der Waals surface area contributed by atoms with Gasteiger partial charge in [-0.1, -0.05) is 28.9 Å². The molecule has 1 heterocycles. The van der Waals surface area contributed by atoms with Gasteiger partial charge < -0.3 is 15.3 Å². The van der Waals surface area contributed by atoms with E-state index in [0.717, 1.165) is 18.2 Å². The van der Waals surface area contributed by atoms with Crippen molar-refractivity contribution < 1.29 is 27.9 Å². The lowest BCUT2D eigenvalue weighted by molar-refractivity contribution is -0.131. The van der Waals surface area contributed by atoms with Crippen LogP contribution in [0.1, 0.15) is 23.7 Å². The highest BCUT2D eigenvalue weighted by molar-refractivity contribution is 6.30. The lowest BCUT2D eigenvalue weighted by Gasteiger charge is -2.14. The minimum absolute atomic E-state index is 0.0222. The van der Waals surface area contributed by atoms with Crippen LogP contribution < -0.4 is 5.32 Å². The molecule has 0 aliphatic carbocycles. The SMILES string of the molecule is O=C(NCC(O)c1ccc(Cl)c(F)c1)C1CC(c2c(F)cccc2F)=NO1. The van der Waals surface area contributed by atoms with Crippen molar-refractivity contribution in [2.24, 2.45) is 5.16 Å². The first-order chi connectivity index (χ1) is 12.9. The van der Waals surface area contributed by atoms with Gasteiger partial charge in [-0.05, 0) is 29.8 Å². The fraction of sp³-hybridized carbons (Fsp3) is 0.222. The second-order valence-electron chi connectivity index (χ2n) is 5.87. The van der Waals surface area contributed by atoms with Gasteiger partial charge in [-0.15, -0.1) is 0 Å². The molecule has 2 aromatic rings. The summed E-state index contributed by atoms with van der Waals surface area (Å²) < 4.78 is 41.0. The van der Waals surface area contributed by atoms with Gasteiger partial charge in [-0.3, -0.25) is 4.79 Å². The molecule has 2 aromatic carbocycles. The zero-order chi connectivity index (χ0) is 19.6. The van der Waals surface area contributed by atoms with Gasteiger partial charge in [-0.25, -0.2) is 13.2 Å². The summed E-state index contributed by atoms with van der Waals surface area (Å²) in [6.07, 6.45) is -2.39. The maximum absolute atomic E-state index is 13.8. The molecule has 2 unspecified atom stereocenters. The van der Waals surface area contributed by atoms with Gasteiger partial charge in [0.1, 0.15) is 17.5 Å². The number of hydrogen-bond acceptors (Lipinski definition) is 4. The minimum Gasteiger partial charge on any atom is -0.387 e.